The minimum atomic E-state index is -0.218. The molecule has 0 unspecified atom stereocenters. The van der Waals surface area contributed by atoms with Gasteiger partial charge in [0.2, 0.25) is 0 Å². The second-order valence-electron chi connectivity index (χ2n) is 6.49. The van der Waals surface area contributed by atoms with Crippen LogP contribution in [0.3, 0.4) is 0 Å². The zero-order valence-electron chi connectivity index (χ0n) is 15.1. The molecule has 4 aromatic rings. The summed E-state index contributed by atoms with van der Waals surface area (Å²) in [4.78, 5) is 29.0. The number of benzene rings is 2. The van der Waals surface area contributed by atoms with Crippen molar-refractivity contribution in [3.63, 3.8) is 0 Å². The Balaban J connectivity index is 2.01. The predicted octanol–water partition coefficient (Wildman–Crippen LogP) is 1.22. The molecule has 5 nitrogen and oxygen atoms in total. The van der Waals surface area contributed by atoms with Crippen LogP contribution in [0.1, 0.15) is 11.1 Å². The monoisotopic (exact) mass is 357 g/mol. The highest BCUT2D eigenvalue weighted by Crippen LogP contribution is 2.17. The van der Waals surface area contributed by atoms with E-state index in [1.807, 2.05) is 60.8 Å². The Morgan fingerprint density at radius 3 is 2.07 bits per heavy atom. The van der Waals surface area contributed by atoms with Crippen molar-refractivity contribution in [2.75, 3.05) is 0 Å². The van der Waals surface area contributed by atoms with Gasteiger partial charge in [0.1, 0.15) is 10.7 Å². The smallest absolute Gasteiger partial charge is 0.274 e. The first-order valence-electron chi connectivity index (χ1n) is 8.67. The minimum absolute atomic E-state index is 0.216. The summed E-state index contributed by atoms with van der Waals surface area (Å²) >= 11 is 0. The van der Waals surface area contributed by atoms with E-state index in [0.29, 0.717) is 10.7 Å². The van der Waals surface area contributed by atoms with Gasteiger partial charge in [-0.3, -0.25) is 9.59 Å². The van der Waals surface area contributed by atoms with E-state index in [1.165, 1.54) is 9.13 Å². The van der Waals surface area contributed by atoms with Crippen LogP contribution in [0.2, 0.25) is 0 Å². The van der Waals surface area contributed by atoms with Crippen molar-refractivity contribution in [2.45, 2.75) is 0 Å². The second-order valence-corrected chi connectivity index (χ2v) is 6.49. The Morgan fingerprint density at radius 2 is 1.37 bits per heavy atom. The van der Waals surface area contributed by atoms with E-state index in [0.717, 1.165) is 22.0 Å². The summed E-state index contributed by atoms with van der Waals surface area (Å²) < 4.78 is 2.83. The van der Waals surface area contributed by atoms with Gasteiger partial charge in [-0.1, -0.05) is 48.5 Å². The van der Waals surface area contributed by atoms with E-state index in [9.17, 15) is 9.59 Å². The molecule has 0 bridgehead atoms. The molecule has 2 aromatic carbocycles. The van der Waals surface area contributed by atoms with E-state index in [-0.39, 0.29) is 11.1 Å². The van der Waals surface area contributed by atoms with Crippen molar-refractivity contribution in [3.8, 4) is 0 Å². The van der Waals surface area contributed by atoms with E-state index in [2.05, 4.69) is 4.98 Å². The quantitative estimate of drug-likeness (QED) is 0.586. The maximum atomic E-state index is 13.0. The first-order valence-corrected chi connectivity index (χ1v) is 8.67. The highest BCUT2D eigenvalue weighted by molar-refractivity contribution is 5.88. The number of aromatic amines is 1. The summed E-state index contributed by atoms with van der Waals surface area (Å²) in [5.41, 5.74) is 2.30. The van der Waals surface area contributed by atoms with Gasteiger partial charge in [0.15, 0.2) is 0 Å². The lowest BCUT2D eigenvalue weighted by molar-refractivity contribution is 0.696. The molecule has 2 heterocycles. The molecular formula is C22H19N3O2. The molecule has 0 aliphatic carbocycles. The molecule has 4 rings (SSSR count). The molecule has 0 amide bonds. The normalized spacial score (nSPS) is 12.8. The van der Waals surface area contributed by atoms with Gasteiger partial charge >= 0.3 is 0 Å². The first-order chi connectivity index (χ1) is 13.1. The molecule has 0 aliphatic heterocycles. The van der Waals surface area contributed by atoms with Crippen LogP contribution in [0, 0.1) is 0 Å². The molecule has 0 saturated heterocycles. The molecule has 5 heteroatoms. The molecule has 27 heavy (non-hydrogen) atoms. The van der Waals surface area contributed by atoms with Crippen LogP contribution in [0.5, 0.6) is 0 Å². The Bertz CT molecular complexity index is 1370. The fourth-order valence-corrected chi connectivity index (χ4v) is 3.23. The number of fused-ring (bicyclic) bond motifs is 1. The number of hydrogen-bond acceptors (Lipinski definition) is 2. The van der Waals surface area contributed by atoms with Crippen LogP contribution in [-0.4, -0.2) is 14.1 Å². The molecular weight excluding hydrogens is 338 g/mol. The number of aromatic nitrogens is 3. The van der Waals surface area contributed by atoms with Gasteiger partial charge in [-0.2, -0.15) is 0 Å². The fraction of sp³-hybridized carbons (Fsp3) is 0.0909. The third-order valence-electron chi connectivity index (χ3n) is 4.79. The molecule has 0 spiro atoms. The summed E-state index contributed by atoms with van der Waals surface area (Å²) in [5, 5.41) is 1.70. The van der Waals surface area contributed by atoms with E-state index in [1.54, 1.807) is 26.2 Å². The van der Waals surface area contributed by atoms with Crippen molar-refractivity contribution in [3.05, 3.63) is 103 Å². The maximum absolute atomic E-state index is 13.0. The largest absolute Gasteiger partial charge is 0.361 e. The SMILES string of the molecule is Cn1c(=O)/c(=C/c2c[nH]c3ccccc23)n(C)c(=O)/c1=C/c1ccccc1. The molecule has 0 aliphatic rings. The summed E-state index contributed by atoms with van der Waals surface area (Å²) in [6, 6.07) is 17.4. The van der Waals surface area contributed by atoms with Crippen LogP contribution in [-0.2, 0) is 14.1 Å². The van der Waals surface area contributed by atoms with Gasteiger partial charge in [0, 0.05) is 36.8 Å². The zero-order chi connectivity index (χ0) is 19.0. The van der Waals surface area contributed by atoms with Gasteiger partial charge < -0.3 is 14.1 Å². The van der Waals surface area contributed by atoms with Crippen molar-refractivity contribution in [1.82, 2.24) is 14.1 Å². The summed E-state index contributed by atoms with van der Waals surface area (Å²) in [5.74, 6) is 0. The van der Waals surface area contributed by atoms with Crippen molar-refractivity contribution in [1.29, 1.82) is 0 Å². The van der Waals surface area contributed by atoms with Crippen LogP contribution < -0.4 is 21.8 Å². The van der Waals surface area contributed by atoms with Crippen molar-refractivity contribution in [2.24, 2.45) is 14.1 Å². The van der Waals surface area contributed by atoms with Crippen LogP contribution >= 0.6 is 0 Å². The van der Waals surface area contributed by atoms with Crippen LogP contribution in [0.15, 0.2) is 70.4 Å². The Kier molecular flexibility index (Phi) is 4.12. The zero-order valence-corrected chi connectivity index (χ0v) is 15.1. The standard InChI is InChI=1S/C22H19N3O2/c1-24-19(12-15-8-4-3-5-9-15)21(26)25(2)20(22(24)27)13-16-14-23-18-11-7-6-10-17(16)18/h3-14,23H,1-2H3/b19-12-,20-13-. The lowest BCUT2D eigenvalue weighted by Gasteiger charge is -2.05. The van der Waals surface area contributed by atoms with Gasteiger partial charge in [-0.25, -0.2) is 0 Å². The average Bonchev–Trinajstić information content (AvgIpc) is 3.11. The third-order valence-corrected chi connectivity index (χ3v) is 4.79. The lowest BCUT2D eigenvalue weighted by atomic mass is 10.1. The molecule has 2 aromatic heterocycles. The number of H-pyrrole nitrogens is 1. The summed E-state index contributed by atoms with van der Waals surface area (Å²) in [7, 11) is 3.26. The second kappa shape index (κ2) is 6.61. The first kappa shape index (κ1) is 16.8. The molecule has 0 atom stereocenters. The van der Waals surface area contributed by atoms with Crippen LogP contribution in [0.4, 0.5) is 0 Å². The Hall–Kier alpha value is -3.60. The molecule has 1 N–H and O–H groups in total. The van der Waals surface area contributed by atoms with Gasteiger partial charge in [-0.15, -0.1) is 0 Å². The highest BCUT2D eigenvalue weighted by Gasteiger charge is 2.07. The Labute approximate surface area is 155 Å². The molecule has 0 fully saturated rings. The minimum Gasteiger partial charge on any atom is -0.361 e. The Morgan fingerprint density at radius 1 is 0.778 bits per heavy atom. The van der Waals surface area contributed by atoms with E-state index >= 15 is 0 Å². The highest BCUT2D eigenvalue weighted by atomic mass is 16.1. The lowest BCUT2D eigenvalue weighted by Crippen LogP contribution is -2.56. The number of nitrogens with zero attached hydrogens (tertiary/aromatic N) is 2. The summed E-state index contributed by atoms with van der Waals surface area (Å²) in [6.07, 6.45) is 5.34. The number of hydrogen-bond donors (Lipinski definition) is 1. The van der Waals surface area contributed by atoms with E-state index in [4.69, 9.17) is 0 Å². The number of para-hydroxylation sites is 1. The predicted molar refractivity (Wildman–Crippen MR) is 108 cm³/mol. The number of nitrogens with one attached hydrogen (secondary N) is 1. The average molecular weight is 357 g/mol. The topological polar surface area (TPSA) is 59.8 Å². The molecule has 0 saturated carbocycles. The number of rotatable bonds is 2. The summed E-state index contributed by atoms with van der Waals surface area (Å²) in [6.45, 7) is 0. The van der Waals surface area contributed by atoms with Gasteiger partial charge in [-0.05, 0) is 23.8 Å². The fourth-order valence-electron chi connectivity index (χ4n) is 3.23. The van der Waals surface area contributed by atoms with Crippen LogP contribution in [0.25, 0.3) is 23.1 Å². The van der Waals surface area contributed by atoms with Crippen molar-refractivity contribution >= 4 is 23.1 Å². The maximum Gasteiger partial charge on any atom is 0.274 e. The van der Waals surface area contributed by atoms with E-state index < -0.39 is 0 Å². The van der Waals surface area contributed by atoms with Crippen molar-refractivity contribution < 1.29 is 0 Å². The van der Waals surface area contributed by atoms with Gasteiger partial charge in [0.25, 0.3) is 11.1 Å². The van der Waals surface area contributed by atoms with Gasteiger partial charge in [0.05, 0.1) is 0 Å². The third kappa shape index (κ3) is 2.93. The molecule has 0 radical (unpaired) electrons. The molecule has 134 valence electrons.